The summed E-state index contributed by atoms with van der Waals surface area (Å²) in [5, 5.41) is 1.53. The Labute approximate surface area is 118 Å². The SMILES string of the molecule is CC1C(N)CCN1S(=O)(=O)c1cccc2cnccc12. The third-order valence-corrected chi connectivity index (χ3v) is 6.03. The molecule has 1 aliphatic rings. The van der Waals surface area contributed by atoms with E-state index in [0.29, 0.717) is 23.2 Å². The quantitative estimate of drug-likeness (QED) is 0.906. The van der Waals surface area contributed by atoms with Gasteiger partial charge in [-0.1, -0.05) is 12.1 Å². The topological polar surface area (TPSA) is 76.3 Å². The van der Waals surface area contributed by atoms with Gasteiger partial charge in [0.2, 0.25) is 10.0 Å². The Bertz CT molecular complexity index is 740. The molecule has 0 saturated carbocycles. The first-order valence-electron chi connectivity index (χ1n) is 6.62. The maximum atomic E-state index is 12.9. The second kappa shape index (κ2) is 4.80. The van der Waals surface area contributed by atoms with E-state index in [2.05, 4.69) is 4.98 Å². The molecule has 0 bridgehead atoms. The highest BCUT2D eigenvalue weighted by Gasteiger charge is 2.37. The monoisotopic (exact) mass is 291 g/mol. The Kier molecular flexibility index (Phi) is 3.24. The van der Waals surface area contributed by atoms with Gasteiger partial charge < -0.3 is 5.73 Å². The zero-order valence-electron chi connectivity index (χ0n) is 11.2. The number of hydrogen-bond donors (Lipinski definition) is 1. The van der Waals surface area contributed by atoms with Crippen LogP contribution in [0.1, 0.15) is 13.3 Å². The highest BCUT2D eigenvalue weighted by molar-refractivity contribution is 7.89. The van der Waals surface area contributed by atoms with Crippen molar-refractivity contribution in [3.05, 3.63) is 36.7 Å². The minimum absolute atomic E-state index is 0.0959. The van der Waals surface area contributed by atoms with E-state index in [1.807, 2.05) is 13.0 Å². The van der Waals surface area contributed by atoms with Gasteiger partial charge in [0.15, 0.2) is 0 Å². The Morgan fingerprint density at radius 1 is 1.35 bits per heavy atom. The fourth-order valence-electron chi connectivity index (χ4n) is 2.72. The number of pyridine rings is 1. The number of rotatable bonds is 2. The van der Waals surface area contributed by atoms with E-state index in [1.54, 1.807) is 30.6 Å². The lowest BCUT2D eigenvalue weighted by molar-refractivity contribution is 0.393. The predicted molar refractivity (Wildman–Crippen MR) is 77.7 cm³/mol. The molecule has 3 rings (SSSR count). The van der Waals surface area contributed by atoms with Crippen molar-refractivity contribution in [3.63, 3.8) is 0 Å². The molecule has 2 aromatic rings. The van der Waals surface area contributed by atoms with Crippen LogP contribution in [-0.2, 0) is 10.0 Å². The summed E-state index contributed by atoms with van der Waals surface area (Å²) < 4.78 is 27.2. The number of aromatic nitrogens is 1. The van der Waals surface area contributed by atoms with Gasteiger partial charge in [-0.3, -0.25) is 4.98 Å². The Morgan fingerprint density at radius 2 is 2.15 bits per heavy atom. The summed E-state index contributed by atoms with van der Waals surface area (Å²) in [5.74, 6) is 0. The average molecular weight is 291 g/mol. The number of fused-ring (bicyclic) bond motifs is 1. The first kappa shape index (κ1) is 13.5. The molecule has 1 saturated heterocycles. The third-order valence-electron chi connectivity index (χ3n) is 3.98. The van der Waals surface area contributed by atoms with Gasteiger partial charge in [0.1, 0.15) is 0 Å². The second-order valence-electron chi connectivity index (χ2n) is 5.16. The van der Waals surface area contributed by atoms with Gasteiger partial charge in [0.05, 0.1) is 4.90 Å². The van der Waals surface area contributed by atoms with Crippen molar-refractivity contribution in [2.45, 2.75) is 30.3 Å². The summed E-state index contributed by atoms with van der Waals surface area (Å²) in [6.45, 7) is 2.34. The standard InChI is InChI=1S/C14H17N3O2S/c1-10-13(15)6-8-17(10)20(18,19)14-4-2-3-11-9-16-7-5-12(11)14/h2-5,7,9-10,13H,6,8,15H2,1H3. The van der Waals surface area contributed by atoms with Crippen molar-refractivity contribution >= 4 is 20.8 Å². The van der Waals surface area contributed by atoms with Crippen LogP contribution >= 0.6 is 0 Å². The van der Waals surface area contributed by atoms with Crippen molar-refractivity contribution in [2.75, 3.05) is 6.54 Å². The summed E-state index contributed by atoms with van der Waals surface area (Å²) in [6, 6.07) is 6.73. The van der Waals surface area contributed by atoms with Crippen molar-refractivity contribution < 1.29 is 8.42 Å². The molecule has 0 aliphatic carbocycles. The number of sulfonamides is 1. The van der Waals surface area contributed by atoms with Gasteiger partial charge >= 0.3 is 0 Å². The average Bonchev–Trinajstić information content (AvgIpc) is 2.79. The van der Waals surface area contributed by atoms with Crippen LogP contribution in [0.25, 0.3) is 10.8 Å². The highest BCUT2D eigenvalue weighted by atomic mass is 32.2. The molecular weight excluding hydrogens is 274 g/mol. The Morgan fingerprint density at radius 3 is 2.85 bits per heavy atom. The predicted octanol–water partition coefficient (Wildman–Crippen LogP) is 1.34. The smallest absolute Gasteiger partial charge is 0.243 e. The molecule has 0 spiro atoms. The maximum Gasteiger partial charge on any atom is 0.243 e. The van der Waals surface area contributed by atoms with Gasteiger partial charge in [-0.25, -0.2) is 8.42 Å². The van der Waals surface area contributed by atoms with Gasteiger partial charge in [0.25, 0.3) is 0 Å². The Balaban J connectivity index is 2.15. The number of hydrogen-bond acceptors (Lipinski definition) is 4. The van der Waals surface area contributed by atoms with Crippen LogP contribution in [0, 0.1) is 0 Å². The van der Waals surface area contributed by atoms with Crippen LogP contribution in [0.15, 0.2) is 41.6 Å². The lowest BCUT2D eigenvalue weighted by Crippen LogP contribution is -2.40. The van der Waals surface area contributed by atoms with Crippen LogP contribution < -0.4 is 5.73 Å². The van der Waals surface area contributed by atoms with E-state index in [0.717, 1.165) is 5.39 Å². The first-order chi connectivity index (χ1) is 9.51. The number of nitrogens with zero attached hydrogens (tertiary/aromatic N) is 2. The molecule has 6 heteroatoms. The molecule has 2 heterocycles. The van der Waals surface area contributed by atoms with E-state index in [4.69, 9.17) is 5.73 Å². The molecular formula is C14H17N3O2S. The largest absolute Gasteiger partial charge is 0.326 e. The van der Waals surface area contributed by atoms with Crippen molar-refractivity contribution in [1.82, 2.24) is 9.29 Å². The zero-order chi connectivity index (χ0) is 14.3. The molecule has 1 aromatic heterocycles. The molecule has 1 aromatic carbocycles. The lowest BCUT2D eigenvalue weighted by atomic mass is 10.2. The molecule has 0 radical (unpaired) electrons. The van der Waals surface area contributed by atoms with E-state index in [1.165, 1.54) is 4.31 Å². The number of benzene rings is 1. The molecule has 1 aliphatic heterocycles. The van der Waals surface area contributed by atoms with Crippen molar-refractivity contribution in [2.24, 2.45) is 5.73 Å². The molecule has 0 amide bonds. The second-order valence-corrected chi connectivity index (χ2v) is 7.02. The van der Waals surface area contributed by atoms with E-state index < -0.39 is 10.0 Å². The molecule has 2 atom stereocenters. The fourth-order valence-corrected chi connectivity index (χ4v) is 4.62. The van der Waals surface area contributed by atoms with Crippen molar-refractivity contribution in [3.8, 4) is 0 Å². The lowest BCUT2D eigenvalue weighted by Gasteiger charge is -2.23. The molecule has 2 unspecified atom stereocenters. The van der Waals surface area contributed by atoms with Crippen LogP contribution in [0.5, 0.6) is 0 Å². The summed E-state index contributed by atoms with van der Waals surface area (Å²) in [7, 11) is -3.52. The minimum atomic E-state index is -3.52. The minimum Gasteiger partial charge on any atom is -0.326 e. The zero-order valence-corrected chi connectivity index (χ0v) is 12.0. The van der Waals surface area contributed by atoms with Gasteiger partial charge in [-0.2, -0.15) is 4.31 Å². The normalized spacial score (nSPS) is 24.3. The van der Waals surface area contributed by atoms with Crippen LogP contribution in [0.4, 0.5) is 0 Å². The Hall–Kier alpha value is -1.50. The number of nitrogens with two attached hydrogens (primary N) is 1. The molecule has 1 fully saturated rings. The van der Waals surface area contributed by atoms with Crippen LogP contribution in [-0.4, -0.2) is 36.3 Å². The molecule has 106 valence electrons. The summed E-state index contributed by atoms with van der Waals surface area (Å²) in [6.07, 6.45) is 3.99. The van der Waals surface area contributed by atoms with Gasteiger partial charge in [0, 0.05) is 41.8 Å². The van der Waals surface area contributed by atoms with E-state index in [9.17, 15) is 8.42 Å². The fraction of sp³-hybridized carbons (Fsp3) is 0.357. The maximum absolute atomic E-state index is 12.9. The molecule has 5 nitrogen and oxygen atoms in total. The third kappa shape index (κ3) is 2.00. The summed E-state index contributed by atoms with van der Waals surface area (Å²) in [4.78, 5) is 4.36. The van der Waals surface area contributed by atoms with E-state index >= 15 is 0 Å². The van der Waals surface area contributed by atoms with Crippen molar-refractivity contribution in [1.29, 1.82) is 0 Å². The van der Waals surface area contributed by atoms with Gasteiger partial charge in [-0.05, 0) is 25.5 Å². The van der Waals surface area contributed by atoms with Gasteiger partial charge in [-0.15, -0.1) is 0 Å². The van der Waals surface area contributed by atoms with Crippen LogP contribution in [0.2, 0.25) is 0 Å². The molecule has 20 heavy (non-hydrogen) atoms. The van der Waals surface area contributed by atoms with Crippen LogP contribution in [0.3, 0.4) is 0 Å². The van der Waals surface area contributed by atoms with E-state index in [-0.39, 0.29) is 12.1 Å². The first-order valence-corrected chi connectivity index (χ1v) is 8.06. The summed E-state index contributed by atoms with van der Waals surface area (Å²) >= 11 is 0. The molecule has 2 N–H and O–H groups in total. The summed E-state index contributed by atoms with van der Waals surface area (Å²) in [5.41, 5.74) is 5.94. The highest BCUT2D eigenvalue weighted by Crippen LogP contribution is 2.29.